The molecule has 1 unspecified atom stereocenters. The number of hydrogen-bond donors (Lipinski definition) is 1. The van der Waals surface area contributed by atoms with E-state index in [0.717, 1.165) is 30.7 Å². The van der Waals surface area contributed by atoms with Gasteiger partial charge in [-0.25, -0.2) is 14.4 Å². The highest BCUT2D eigenvalue weighted by Gasteiger charge is 2.29. The molecular formula is C20H18FN5O. The Morgan fingerprint density at radius 1 is 1.15 bits per heavy atom. The summed E-state index contributed by atoms with van der Waals surface area (Å²) in [6.07, 6.45) is 5.24. The number of fused-ring (bicyclic) bond motifs is 2. The molecule has 1 aromatic carbocycles. The summed E-state index contributed by atoms with van der Waals surface area (Å²) in [5, 5.41) is 0.605. The van der Waals surface area contributed by atoms with Crippen molar-refractivity contribution in [1.29, 1.82) is 0 Å². The van der Waals surface area contributed by atoms with Gasteiger partial charge in [0, 0.05) is 18.9 Å². The molecule has 0 amide bonds. The summed E-state index contributed by atoms with van der Waals surface area (Å²) in [5.41, 5.74) is 2.20. The molecule has 4 aromatic rings. The van der Waals surface area contributed by atoms with Crippen LogP contribution < -0.4 is 5.56 Å². The van der Waals surface area contributed by atoms with Gasteiger partial charge in [0.05, 0.1) is 22.6 Å². The first-order chi connectivity index (χ1) is 13.2. The number of aromatic amines is 1. The van der Waals surface area contributed by atoms with Crippen molar-refractivity contribution in [3.63, 3.8) is 0 Å². The van der Waals surface area contributed by atoms with E-state index in [1.54, 1.807) is 16.5 Å². The second-order valence-corrected chi connectivity index (χ2v) is 6.94. The summed E-state index contributed by atoms with van der Waals surface area (Å²) in [4.78, 5) is 26.9. The summed E-state index contributed by atoms with van der Waals surface area (Å²) in [5.74, 6) is 0.412. The van der Waals surface area contributed by atoms with E-state index < -0.39 is 0 Å². The van der Waals surface area contributed by atoms with Gasteiger partial charge < -0.3 is 9.38 Å². The molecule has 0 spiro atoms. The van der Waals surface area contributed by atoms with Crippen LogP contribution in [0.25, 0.3) is 16.6 Å². The third kappa shape index (κ3) is 2.90. The molecule has 0 aliphatic carbocycles. The van der Waals surface area contributed by atoms with Gasteiger partial charge in [0.2, 0.25) is 0 Å². The minimum atomic E-state index is -0.288. The van der Waals surface area contributed by atoms with Crippen molar-refractivity contribution >= 4 is 16.6 Å². The molecule has 0 saturated carbocycles. The Bertz CT molecular complexity index is 1200. The van der Waals surface area contributed by atoms with Crippen molar-refractivity contribution in [1.82, 2.24) is 24.3 Å². The highest BCUT2D eigenvalue weighted by atomic mass is 19.1. The number of imidazole rings is 1. The lowest BCUT2D eigenvalue weighted by molar-refractivity contribution is 0.237. The SMILES string of the molecule is O=c1[nH]c(C2CCCN2Cc2cn3cc(F)ccc3n2)nc2ccccc12. The van der Waals surface area contributed by atoms with E-state index in [2.05, 4.69) is 14.9 Å². The second kappa shape index (κ2) is 6.28. The third-order valence-electron chi connectivity index (χ3n) is 5.14. The minimum absolute atomic E-state index is 0.0452. The lowest BCUT2D eigenvalue weighted by Gasteiger charge is -2.22. The molecule has 5 rings (SSSR count). The number of rotatable bonds is 3. The summed E-state index contributed by atoms with van der Waals surface area (Å²) < 4.78 is 15.1. The fraction of sp³-hybridized carbons (Fsp3) is 0.250. The molecule has 1 saturated heterocycles. The average molecular weight is 363 g/mol. The molecule has 136 valence electrons. The van der Waals surface area contributed by atoms with Gasteiger partial charge in [-0.2, -0.15) is 0 Å². The van der Waals surface area contributed by atoms with Gasteiger partial charge in [-0.15, -0.1) is 0 Å². The molecule has 7 heteroatoms. The molecule has 1 aliphatic rings. The van der Waals surface area contributed by atoms with E-state index >= 15 is 0 Å². The molecule has 0 bridgehead atoms. The highest BCUT2D eigenvalue weighted by molar-refractivity contribution is 5.77. The van der Waals surface area contributed by atoms with Crippen molar-refractivity contribution < 1.29 is 4.39 Å². The first-order valence-corrected chi connectivity index (χ1v) is 9.03. The molecule has 6 nitrogen and oxygen atoms in total. The number of benzene rings is 1. The van der Waals surface area contributed by atoms with Gasteiger partial charge in [0.15, 0.2) is 0 Å². The number of H-pyrrole nitrogens is 1. The van der Waals surface area contributed by atoms with Gasteiger partial charge in [-0.1, -0.05) is 12.1 Å². The van der Waals surface area contributed by atoms with Crippen LogP contribution in [0, 0.1) is 5.82 Å². The van der Waals surface area contributed by atoms with Crippen LogP contribution in [-0.2, 0) is 6.54 Å². The van der Waals surface area contributed by atoms with E-state index in [4.69, 9.17) is 4.98 Å². The lowest BCUT2D eigenvalue weighted by atomic mass is 10.2. The molecule has 3 aromatic heterocycles. The quantitative estimate of drug-likeness (QED) is 0.608. The largest absolute Gasteiger partial charge is 0.309 e. The maximum absolute atomic E-state index is 13.4. The van der Waals surface area contributed by atoms with Crippen LogP contribution >= 0.6 is 0 Å². The predicted octanol–water partition coefficient (Wildman–Crippen LogP) is 3.05. The van der Waals surface area contributed by atoms with E-state index in [1.807, 2.05) is 24.4 Å². The topological polar surface area (TPSA) is 66.3 Å². The molecule has 1 N–H and O–H groups in total. The predicted molar refractivity (Wildman–Crippen MR) is 99.9 cm³/mol. The zero-order valence-electron chi connectivity index (χ0n) is 14.6. The molecule has 4 heterocycles. The van der Waals surface area contributed by atoms with Crippen molar-refractivity contribution in [2.45, 2.75) is 25.4 Å². The molecule has 0 radical (unpaired) electrons. The fourth-order valence-electron chi connectivity index (χ4n) is 3.89. The molecule has 27 heavy (non-hydrogen) atoms. The third-order valence-corrected chi connectivity index (χ3v) is 5.14. The zero-order valence-corrected chi connectivity index (χ0v) is 14.6. The Morgan fingerprint density at radius 3 is 2.96 bits per heavy atom. The maximum atomic E-state index is 13.4. The first kappa shape index (κ1) is 16.1. The van der Waals surface area contributed by atoms with Gasteiger partial charge >= 0.3 is 0 Å². The van der Waals surface area contributed by atoms with Crippen LogP contribution in [0.15, 0.2) is 53.6 Å². The Kier molecular flexibility index (Phi) is 3.75. The van der Waals surface area contributed by atoms with E-state index in [0.29, 0.717) is 23.3 Å². The van der Waals surface area contributed by atoms with Gasteiger partial charge in [0.1, 0.15) is 17.3 Å². The van der Waals surface area contributed by atoms with Gasteiger partial charge in [-0.3, -0.25) is 9.69 Å². The highest BCUT2D eigenvalue weighted by Crippen LogP contribution is 2.31. The van der Waals surface area contributed by atoms with Crippen LogP contribution in [0.3, 0.4) is 0 Å². The summed E-state index contributed by atoms with van der Waals surface area (Å²) in [6, 6.07) is 10.5. The van der Waals surface area contributed by atoms with Crippen molar-refractivity contribution in [2.75, 3.05) is 6.54 Å². The van der Waals surface area contributed by atoms with Gasteiger partial charge in [0.25, 0.3) is 5.56 Å². The van der Waals surface area contributed by atoms with Crippen molar-refractivity contribution in [2.24, 2.45) is 0 Å². The monoisotopic (exact) mass is 363 g/mol. The van der Waals surface area contributed by atoms with Crippen LogP contribution in [0.1, 0.15) is 30.4 Å². The van der Waals surface area contributed by atoms with E-state index in [1.165, 1.54) is 12.3 Å². The van der Waals surface area contributed by atoms with Crippen LogP contribution in [0.5, 0.6) is 0 Å². The number of hydrogen-bond acceptors (Lipinski definition) is 4. The van der Waals surface area contributed by atoms with E-state index in [9.17, 15) is 9.18 Å². The molecule has 1 fully saturated rings. The summed E-state index contributed by atoms with van der Waals surface area (Å²) in [6.45, 7) is 1.54. The molecular weight excluding hydrogens is 345 g/mol. The number of nitrogens with zero attached hydrogens (tertiary/aromatic N) is 4. The number of likely N-dealkylation sites (tertiary alicyclic amines) is 1. The number of para-hydroxylation sites is 1. The second-order valence-electron chi connectivity index (χ2n) is 6.94. The zero-order chi connectivity index (χ0) is 18.4. The first-order valence-electron chi connectivity index (χ1n) is 9.03. The Labute approximate surface area is 154 Å². The number of halogens is 1. The normalized spacial score (nSPS) is 17.9. The number of aromatic nitrogens is 4. The summed E-state index contributed by atoms with van der Waals surface area (Å²) >= 11 is 0. The molecule has 1 atom stereocenters. The lowest BCUT2D eigenvalue weighted by Crippen LogP contribution is -2.26. The van der Waals surface area contributed by atoms with Crippen LogP contribution in [-0.4, -0.2) is 30.8 Å². The standard InChI is InChI=1S/C20H18FN5O/c21-13-7-8-18-22-14(12-26(18)10-13)11-25-9-3-6-17(25)19-23-16-5-2-1-4-15(16)20(27)24-19/h1-2,4-5,7-8,10,12,17H,3,6,9,11H2,(H,23,24,27). The van der Waals surface area contributed by atoms with E-state index in [-0.39, 0.29) is 17.4 Å². The van der Waals surface area contributed by atoms with Crippen LogP contribution in [0.4, 0.5) is 4.39 Å². The minimum Gasteiger partial charge on any atom is -0.309 e. The Balaban J connectivity index is 1.47. The van der Waals surface area contributed by atoms with Gasteiger partial charge in [-0.05, 0) is 43.7 Å². The molecule has 1 aliphatic heterocycles. The smallest absolute Gasteiger partial charge is 0.258 e. The Morgan fingerprint density at radius 2 is 2.04 bits per heavy atom. The average Bonchev–Trinajstić information content (AvgIpc) is 3.28. The number of nitrogens with one attached hydrogen (secondary N) is 1. The van der Waals surface area contributed by atoms with Crippen LogP contribution in [0.2, 0.25) is 0 Å². The summed E-state index contributed by atoms with van der Waals surface area (Å²) in [7, 11) is 0. The number of pyridine rings is 1. The Hall–Kier alpha value is -3.06. The maximum Gasteiger partial charge on any atom is 0.258 e. The fourth-order valence-corrected chi connectivity index (χ4v) is 3.89. The van der Waals surface area contributed by atoms with Crippen molar-refractivity contribution in [3.8, 4) is 0 Å². The van der Waals surface area contributed by atoms with Crippen molar-refractivity contribution in [3.05, 3.63) is 76.5 Å².